The van der Waals surface area contributed by atoms with Crippen molar-refractivity contribution in [2.45, 2.75) is 161 Å². The highest BCUT2D eigenvalue weighted by Crippen LogP contribution is 2.63. The molecular formula is C36H58NO12P. The van der Waals surface area contributed by atoms with Gasteiger partial charge in [0.05, 0.1) is 25.0 Å². The molecule has 2 spiro atoms. The van der Waals surface area contributed by atoms with Crippen LogP contribution in [0.15, 0.2) is 5.16 Å². The highest BCUT2D eigenvalue weighted by Gasteiger charge is 2.71. The summed E-state index contributed by atoms with van der Waals surface area (Å²) in [5.74, 6) is -0.262. The van der Waals surface area contributed by atoms with E-state index in [0.29, 0.717) is 30.4 Å². The van der Waals surface area contributed by atoms with Gasteiger partial charge >= 0.3 is 7.82 Å². The van der Waals surface area contributed by atoms with E-state index in [1.165, 1.54) is 0 Å². The van der Waals surface area contributed by atoms with Gasteiger partial charge in [0.1, 0.15) is 6.10 Å². The Hall–Kier alpha value is -0.700. The summed E-state index contributed by atoms with van der Waals surface area (Å²) >= 11 is 0. The molecule has 14 heteroatoms. The number of rotatable bonds is 9. The van der Waals surface area contributed by atoms with Crippen LogP contribution in [0.5, 0.6) is 0 Å². The predicted octanol–water partition coefficient (Wildman–Crippen LogP) is 7.43. The number of oxime groups is 1. The smallest absolute Gasteiger partial charge is 0.345 e. The van der Waals surface area contributed by atoms with E-state index >= 15 is 0 Å². The fourth-order valence-corrected chi connectivity index (χ4v) is 12.4. The van der Waals surface area contributed by atoms with Crippen molar-refractivity contribution in [3.05, 3.63) is 0 Å². The molecule has 0 N–H and O–H groups in total. The quantitative estimate of drug-likeness (QED) is 0.101. The number of phosphoric ester groups is 1. The largest absolute Gasteiger partial charge is 0.550 e. The molecule has 10 rings (SSSR count). The van der Waals surface area contributed by atoms with Crippen LogP contribution in [0.2, 0.25) is 0 Å². The van der Waals surface area contributed by atoms with Gasteiger partial charge in [-0.15, -0.1) is 0 Å². The number of hydrogen-bond acceptors (Lipinski definition) is 13. The molecule has 2 unspecified atom stereocenters. The zero-order chi connectivity index (χ0) is 35.3. The van der Waals surface area contributed by atoms with Crippen LogP contribution in [-0.4, -0.2) is 66.5 Å². The molecule has 0 aromatic rings. The van der Waals surface area contributed by atoms with Crippen LogP contribution in [0.1, 0.15) is 113 Å². The maximum atomic E-state index is 13.6. The summed E-state index contributed by atoms with van der Waals surface area (Å²) in [6, 6.07) is 0. The van der Waals surface area contributed by atoms with Crippen molar-refractivity contribution in [1.82, 2.24) is 0 Å². The van der Waals surface area contributed by atoms with Gasteiger partial charge in [-0.25, -0.2) is 24.1 Å². The highest BCUT2D eigenvalue weighted by molar-refractivity contribution is 7.48. The minimum absolute atomic E-state index is 0.0534. The van der Waals surface area contributed by atoms with Gasteiger partial charge in [0.25, 0.3) is 0 Å². The number of nitrogens with zero attached hydrogens (tertiary/aromatic N) is 1. The maximum absolute atomic E-state index is 13.6. The minimum atomic E-state index is -3.99. The first-order valence-corrected chi connectivity index (χ1v) is 20.8. The third-order valence-corrected chi connectivity index (χ3v) is 15.5. The fraction of sp³-hybridized carbons (Fsp3) is 0.972. The lowest BCUT2D eigenvalue weighted by Crippen LogP contribution is -2.71. The summed E-state index contributed by atoms with van der Waals surface area (Å²) in [6.45, 7) is 16.6. The molecule has 50 heavy (non-hydrogen) atoms. The van der Waals surface area contributed by atoms with Gasteiger partial charge in [-0.3, -0.25) is 13.7 Å². The average molecular weight is 728 g/mol. The molecule has 8 aliphatic heterocycles. The lowest BCUT2D eigenvalue weighted by atomic mass is 9.56. The zero-order valence-electron chi connectivity index (χ0n) is 31.0. The van der Waals surface area contributed by atoms with E-state index in [2.05, 4.69) is 32.9 Å². The molecule has 8 saturated heterocycles. The Morgan fingerprint density at radius 3 is 1.76 bits per heavy atom. The lowest BCUT2D eigenvalue weighted by molar-refractivity contribution is -0.571. The molecule has 0 amide bonds. The van der Waals surface area contributed by atoms with Gasteiger partial charge in [0.15, 0.2) is 23.8 Å². The van der Waals surface area contributed by atoms with Gasteiger partial charge in [-0.2, -0.15) is 0 Å². The second-order valence-corrected chi connectivity index (χ2v) is 18.5. The van der Waals surface area contributed by atoms with E-state index in [0.717, 1.165) is 44.9 Å². The van der Waals surface area contributed by atoms with E-state index < -0.39 is 49.3 Å². The average Bonchev–Trinajstić information content (AvgIpc) is 3.45. The molecule has 10 fully saturated rings. The number of ether oxygens (including phenoxy) is 4. The molecular weight excluding hydrogens is 669 g/mol. The number of phosphoric acid groups is 1. The third-order valence-electron chi connectivity index (χ3n) is 14.0. The predicted molar refractivity (Wildman–Crippen MR) is 178 cm³/mol. The van der Waals surface area contributed by atoms with Crippen LogP contribution in [0.25, 0.3) is 0 Å². The van der Waals surface area contributed by atoms with Crippen LogP contribution in [0.3, 0.4) is 0 Å². The van der Waals surface area contributed by atoms with Crippen molar-refractivity contribution in [2.75, 3.05) is 13.2 Å². The topological polar surface area (TPSA) is 131 Å². The number of hydrogen-bond donors (Lipinski definition) is 0. The molecule has 284 valence electrons. The molecule has 13 nitrogen and oxygen atoms in total. The van der Waals surface area contributed by atoms with Crippen LogP contribution >= 0.6 is 7.82 Å². The number of fused-ring (bicyclic) bond motifs is 4. The molecule has 2 aliphatic carbocycles. The van der Waals surface area contributed by atoms with Gasteiger partial charge in [0.2, 0.25) is 11.6 Å². The maximum Gasteiger partial charge on any atom is 0.550 e. The Labute approximate surface area is 296 Å². The molecule has 2 saturated carbocycles. The first-order chi connectivity index (χ1) is 23.8. The van der Waals surface area contributed by atoms with Crippen molar-refractivity contribution >= 4 is 13.5 Å². The van der Waals surface area contributed by atoms with Crippen molar-refractivity contribution in [3.8, 4) is 0 Å². The van der Waals surface area contributed by atoms with Crippen molar-refractivity contribution < 1.29 is 56.7 Å². The van der Waals surface area contributed by atoms with Gasteiger partial charge in [-0.1, -0.05) is 32.9 Å². The van der Waals surface area contributed by atoms with Crippen LogP contribution in [-0.2, 0) is 56.7 Å². The Balaban J connectivity index is 1.15. The third kappa shape index (κ3) is 5.54. The van der Waals surface area contributed by atoms with Gasteiger partial charge in [-0.05, 0) is 102 Å². The SMILES string of the molecule is CCOP(=O)(OCC)O/N=C(/C[C@H]1O[C@@H]2OC3(C)CC[C@H]4[C@H](C)CC[C@@H]([C@H]1C)[C@@]24OO3)[C@H]1O[C@@H]2OC3(C)CC[C@H]4[C@H](C)CC[C@@H]([C@H]1C)[C@@]24OO3. The van der Waals surface area contributed by atoms with E-state index in [-0.39, 0.29) is 54.8 Å². The fourth-order valence-electron chi connectivity index (χ4n) is 11.4. The van der Waals surface area contributed by atoms with E-state index in [4.69, 9.17) is 52.2 Å². The van der Waals surface area contributed by atoms with Crippen LogP contribution in [0.4, 0.5) is 0 Å². The molecule has 16 atom stereocenters. The van der Waals surface area contributed by atoms with Crippen molar-refractivity contribution in [2.24, 2.45) is 52.5 Å². The first-order valence-electron chi connectivity index (χ1n) is 19.3. The van der Waals surface area contributed by atoms with E-state index in [9.17, 15) is 4.57 Å². The Kier molecular flexibility index (Phi) is 9.41. The minimum Gasteiger partial charge on any atom is -0.345 e. The first kappa shape index (κ1) is 36.3. The van der Waals surface area contributed by atoms with Gasteiger partial charge in [0, 0.05) is 31.1 Å². The molecule has 4 bridgehead atoms. The molecule has 0 aromatic heterocycles. The zero-order valence-corrected chi connectivity index (χ0v) is 31.9. The lowest BCUT2D eigenvalue weighted by Gasteiger charge is -2.61. The summed E-state index contributed by atoms with van der Waals surface area (Å²) in [5, 5.41) is 4.64. The normalized spacial score (nSPS) is 52.8. The monoisotopic (exact) mass is 727 g/mol. The Bertz CT molecular complexity index is 1360. The van der Waals surface area contributed by atoms with Gasteiger partial charge < -0.3 is 18.9 Å². The standard InChI is InChI=1S/C36H58NO12P/c1-9-39-50(38,40-10-2)49-37-28(30-23(6)27-14-12-21(4)25-16-18-34(8)44-32(42-30)36(25,27)48-46-34)19-29-22(5)26-13-11-20(3)24-15-17-33(7)43-31(41-29)35(24,26)47-45-33/h20-27,29-32H,9-19H2,1-8H3/b37-28-/t20-,21-,22-,23-,24+,25+,26+,27+,29-,30+,31-,32-,33?,34?,35-,36-/m1/s1. The van der Waals surface area contributed by atoms with E-state index in [1.807, 2.05) is 13.8 Å². The molecule has 10 aliphatic rings. The summed E-state index contributed by atoms with van der Waals surface area (Å²) in [7, 11) is -3.99. The summed E-state index contributed by atoms with van der Waals surface area (Å²) in [5.41, 5.74) is -0.865. The van der Waals surface area contributed by atoms with Crippen LogP contribution in [0, 0.1) is 47.3 Å². The molecule has 8 heterocycles. The Morgan fingerprint density at radius 1 is 0.700 bits per heavy atom. The highest BCUT2D eigenvalue weighted by atomic mass is 31.2. The van der Waals surface area contributed by atoms with Crippen molar-refractivity contribution in [3.63, 3.8) is 0 Å². The van der Waals surface area contributed by atoms with Crippen LogP contribution < -0.4 is 0 Å². The second-order valence-electron chi connectivity index (χ2n) is 16.9. The Morgan fingerprint density at radius 2 is 1.22 bits per heavy atom. The van der Waals surface area contributed by atoms with Crippen molar-refractivity contribution in [1.29, 1.82) is 0 Å². The summed E-state index contributed by atoms with van der Waals surface area (Å²) in [4.78, 5) is 24.9. The van der Waals surface area contributed by atoms with E-state index in [1.54, 1.807) is 13.8 Å². The molecule has 0 radical (unpaired) electrons. The molecule has 0 aromatic carbocycles. The summed E-state index contributed by atoms with van der Waals surface area (Å²) < 4.78 is 57.8. The second kappa shape index (κ2) is 13.0. The summed E-state index contributed by atoms with van der Waals surface area (Å²) in [6.07, 6.45) is 5.59.